The van der Waals surface area contributed by atoms with Gasteiger partial charge in [0.15, 0.2) is 4.80 Å². The molecule has 3 rings (SSSR count). The highest BCUT2D eigenvalue weighted by Gasteiger charge is 2.15. The van der Waals surface area contributed by atoms with Crippen LogP contribution in [0.3, 0.4) is 0 Å². The van der Waals surface area contributed by atoms with Crippen molar-refractivity contribution in [2.75, 3.05) is 0 Å². The van der Waals surface area contributed by atoms with Crippen LogP contribution in [-0.2, 0) is 14.1 Å². The summed E-state index contributed by atoms with van der Waals surface area (Å²) in [6.07, 6.45) is 1.64. The predicted molar refractivity (Wildman–Crippen MR) is 88.7 cm³/mol. The molecule has 2 heterocycles. The standard InChI is InChI=1S/C14H12Cl2N4OS/c1-7-6-17-20(3)10(7)13(21)18-14-19(2)11-8(15)4-5-9(16)12(11)22-14/h4-6H,1-3H3. The average molecular weight is 355 g/mol. The highest BCUT2D eigenvalue weighted by molar-refractivity contribution is 7.17. The largest absolute Gasteiger partial charge is 0.318 e. The SMILES string of the molecule is Cc1cnn(C)c1C(=O)N=c1sc2c(Cl)ccc(Cl)c2n1C. The Hall–Kier alpha value is -1.63. The fourth-order valence-electron chi connectivity index (χ4n) is 2.28. The number of carbonyl (C=O) groups is 1. The van der Waals surface area contributed by atoms with Crippen LogP contribution in [0.15, 0.2) is 23.3 Å². The number of halogens is 2. The van der Waals surface area contributed by atoms with E-state index in [2.05, 4.69) is 10.1 Å². The second-order valence-electron chi connectivity index (χ2n) is 4.87. The molecule has 0 N–H and O–H groups in total. The van der Waals surface area contributed by atoms with Gasteiger partial charge in [0.05, 0.1) is 26.5 Å². The summed E-state index contributed by atoms with van der Waals surface area (Å²) in [6, 6.07) is 3.47. The minimum atomic E-state index is -0.341. The van der Waals surface area contributed by atoms with Crippen LogP contribution in [-0.4, -0.2) is 20.3 Å². The number of aromatic nitrogens is 3. The minimum Gasteiger partial charge on any atom is -0.318 e. The number of benzene rings is 1. The molecule has 0 unspecified atom stereocenters. The number of carbonyl (C=O) groups excluding carboxylic acids is 1. The first kappa shape index (κ1) is 15.3. The summed E-state index contributed by atoms with van der Waals surface area (Å²) in [5.41, 5.74) is 2.03. The van der Waals surface area contributed by atoms with Crippen molar-refractivity contribution in [2.45, 2.75) is 6.92 Å². The number of hydrogen-bond acceptors (Lipinski definition) is 3. The van der Waals surface area contributed by atoms with Crippen molar-refractivity contribution in [1.29, 1.82) is 0 Å². The molecular formula is C14H12Cl2N4OS. The summed E-state index contributed by atoms with van der Waals surface area (Å²) in [6.45, 7) is 1.83. The van der Waals surface area contributed by atoms with Crippen molar-refractivity contribution in [2.24, 2.45) is 19.1 Å². The van der Waals surface area contributed by atoms with Gasteiger partial charge in [0.2, 0.25) is 0 Å². The summed E-state index contributed by atoms with van der Waals surface area (Å²) in [4.78, 5) is 17.2. The van der Waals surface area contributed by atoms with E-state index < -0.39 is 0 Å². The van der Waals surface area contributed by atoms with E-state index in [4.69, 9.17) is 23.2 Å². The Morgan fingerprint density at radius 1 is 1.27 bits per heavy atom. The summed E-state index contributed by atoms with van der Waals surface area (Å²) in [7, 11) is 3.53. The maximum absolute atomic E-state index is 12.4. The van der Waals surface area contributed by atoms with Gasteiger partial charge in [-0.25, -0.2) is 0 Å². The van der Waals surface area contributed by atoms with E-state index >= 15 is 0 Å². The Bertz CT molecular complexity index is 948. The van der Waals surface area contributed by atoms with Gasteiger partial charge in [-0.3, -0.25) is 9.48 Å². The number of hydrogen-bond donors (Lipinski definition) is 0. The van der Waals surface area contributed by atoms with Crippen LogP contribution in [0.25, 0.3) is 10.2 Å². The molecular weight excluding hydrogens is 343 g/mol. The molecule has 1 amide bonds. The second-order valence-corrected chi connectivity index (χ2v) is 6.66. The number of nitrogens with zero attached hydrogens (tertiary/aromatic N) is 4. The Morgan fingerprint density at radius 3 is 2.55 bits per heavy atom. The van der Waals surface area contributed by atoms with Gasteiger partial charge in [-0.2, -0.15) is 10.1 Å². The quantitative estimate of drug-likeness (QED) is 0.672. The van der Waals surface area contributed by atoms with Gasteiger partial charge in [0.1, 0.15) is 5.69 Å². The Kier molecular flexibility index (Phi) is 3.84. The zero-order chi connectivity index (χ0) is 16.0. The van der Waals surface area contributed by atoms with Gasteiger partial charge in [-0.1, -0.05) is 34.5 Å². The smallest absolute Gasteiger partial charge is 0.298 e. The highest BCUT2D eigenvalue weighted by Crippen LogP contribution is 2.31. The topological polar surface area (TPSA) is 52.2 Å². The molecule has 8 heteroatoms. The van der Waals surface area contributed by atoms with Crippen LogP contribution < -0.4 is 4.80 Å². The molecule has 2 aromatic heterocycles. The molecule has 22 heavy (non-hydrogen) atoms. The molecule has 1 aromatic carbocycles. The number of thiazole rings is 1. The summed E-state index contributed by atoms with van der Waals surface area (Å²) >= 11 is 13.8. The van der Waals surface area contributed by atoms with Crippen molar-refractivity contribution >= 4 is 50.7 Å². The Morgan fingerprint density at radius 2 is 1.95 bits per heavy atom. The van der Waals surface area contributed by atoms with Crippen LogP contribution in [0, 0.1) is 6.92 Å². The lowest BCUT2D eigenvalue weighted by Gasteiger charge is -2.00. The summed E-state index contributed by atoms with van der Waals surface area (Å²) < 4.78 is 4.11. The van der Waals surface area contributed by atoms with Crippen molar-refractivity contribution < 1.29 is 4.79 Å². The molecule has 5 nitrogen and oxygen atoms in total. The molecule has 0 aliphatic rings. The van der Waals surface area contributed by atoms with Gasteiger partial charge >= 0.3 is 0 Å². The van der Waals surface area contributed by atoms with Gasteiger partial charge in [-0.05, 0) is 19.1 Å². The third-order valence-electron chi connectivity index (χ3n) is 3.37. The zero-order valence-electron chi connectivity index (χ0n) is 12.1. The third-order valence-corrected chi connectivity index (χ3v) is 5.27. The number of amides is 1. The predicted octanol–water partition coefficient (Wildman–Crippen LogP) is 3.33. The van der Waals surface area contributed by atoms with Crippen molar-refractivity contribution in [3.63, 3.8) is 0 Å². The van der Waals surface area contributed by atoms with E-state index in [-0.39, 0.29) is 5.91 Å². The van der Waals surface area contributed by atoms with E-state index in [0.29, 0.717) is 20.5 Å². The molecule has 0 atom stereocenters. The first-order chi connectivity index (χ1) is 10.4. The Balaban J connectivity index is 2.23. The van der Waals surface area contributed by atoms with E-state index in [1.807, 2.05) is 14.0 Å². The van der Waals surface area contributed by atoms with Gasteiger partial charge in [0.25, 0.3) is 5.91 Å². The van der Waals surface area contributed by atoms with Crippen molar-refractivity contribution in [3.8, 4) is 0 Å². The van der Waals surface area contributed by atoms with Crippen LogP contribution in [0.2, 0.25) is 10.0 Å². The Labute approximate surface area is 140 Å². The number of fused-ring (bicyclic) bond motifs is 1. The monoisotopic (exact) mass is 354 g/mol. The molecule has 0 fully saturated rings. The lowest BCUT2D eigenvalue weighted by molar-refractivity contribution is 0.0988. The normalized spacial score (nSPS) is 12.3. The lowest BCUT2D eigenvalue weighted by atomic mass is 10.3. The van der Waals surface area contributed by atoms with Gasteiger partial charge in [0, 0.05) is 19.7 Å². The first-order valence-corrected chi connectivity index (χ1v) is 7.98. The fraction of sp³-hybridized carbons (Fsp3) is 0.214. The molecule has 0 bridgehead atoms. The molecule has 114 valence electrons. The maximum Gasteiger partial charge on any atom is 0.298 e. The molecule has 0 aliphatic carbocycles. The molecule has 0 radical (unpaired) electrons. The highest BCUT2D eigenvalue weighted by atomic mass is 35.5. The van der Waals surface area contributed by atoms with Crippen LogP contribution >= 0.6 is 34.5 Å². The molecule has 0 saturated heterocycles. The van der Waals surface area contributed by atoms with E-state index in [0.717, 1.165) is 15.8 Å². The number of rotatable bonds is 1. The van der Waals surface area contributed by atoms with Crippen LogP contribution in [0.4, 0.5) is 0 Å². The van der Waals surface area contributed by atoms with E-state index in [1.54, 1.807) is 29.9 Å². The van der Waals surface area contributed by atoms with Crippen LogP contribution in [0.5, 0.6) is 0 Å². The summed E-state index contributed by atoms with van der Waals surface area (Å²) in [5, 5.41) is 5.22. The van der Waals surface area contributed by atoms with E-state index in [1.165, 1.54) is 16.0 Å². The maximum atomic E-state index is 12.4. The fourth-order valence-corrected chi connectivity index (χ4v) is 3.94. The molecule has 0 aliphatic heterocycles. The van der Waals surface area contributed by atoms with E-state index in [9.17, 15) is 4.79 Å². The summed E-state index contributed by atoms with van der Waals surface area (Å²) in [5.74, 6) is -0.341. The minimum absolute atomic E-state index is 0.341. The molecule has 3 aromatic rings. The first-order valence-electron chi connectivity index (χ1n) is 6.41. The molecule has 0 saturated carbocycles. The van der Waals surface area contributed by atoms with Gasteiger partial charge < -0.3 is 4.57 Å². The van der Waals surface area contributed by atoms with Crippen molar-refractivity contribution in [3.05, 3.63) is 44.4 Å². The van der Waals surface area contributed by atoms with Crippen molar-refractivity contribution in [1.82, 2.24) is 14.3 Å². The average Bonchev–Trinajstić information content (AvgIpc) is 2.96. The zero-order valence-corrected chi connectivity index (χ0v) is 14.4. The second kappa shape index (κ2) is 5.53. The van der Waals surface area contributed by atoms with Gasteiger partial charge in [-0.15, -0.1) is 0 Å². The van der Waals surface area contributed by atoms with Crippen LogP contribution in [0.1, 0.15) is 16.1 Å². The third kappa shape index (κ3) is 2.37. The molecule has 0 spiro atoms. The lowest BCUT2D eigenvalue weighted by Crippen LogP contribution is -2.15. The number of aryl methyl sites for hydroxylation is 3.